The number of H-pyrrole nitrogens is 1. The van der Waals surface area contributed by atoms with Crippen LogP contribution >= 0.6 is 0 Å². The second-order valence-electron chi connectivity index (χ2n) is 4.47. The Hall–Kier alpha value is -2.81. The van der Waals surface area contributed by atoms with E-state index in [4.69, 9.17) is 5.21 Å². The third-order valence-electron chi connectivity index (χ3n) is 3.22. The summed E-state index contributed by atoms with van der Waals surface area (Å²) in [5.41, 5.74) is 3.58. The van der Waals surface area contributed by atoms with Crippen molar-refractivity contribution < 1.29 is 5.21 Å². The zero-order chi connectivity index (χ0) is 13.8. The number of fused-ring (bicyclic) bond motifs is 1. The van der Waals surface area contributed by atoms with Crippen molar-refractivity contribution in [2.45, 2.75) is 0 Å². The summed E-state index contributed by atoms with van der Waals surface area (Å²) < 4.78 is 0. The van der Waals surface area contributed by atoms with Crippen molar-refractivity contribution in [1.29, 1.82) is 0 Å². The number of hydrogen-bond acceptors (Lipinski definition) is 2. The van der Waals surface area contributed by atoms with Crippen LogP contribution in [-0.2, 0) is 0 Å². The maximum atomic E-state index is 9.15. The molecule has 0 fully saturated rings. The van der Waals surface area contributed by atoms with Crippen LogP contribution in [0.2, 0.25) is 0 Å². The number of allylic oxidation sites excluding steroid dienone is 1. The molecule has 1 heterocycles. The Morgan fingerprint density at radius 1 is 1.00 bits per heavy atom. The third kappa shape index (κ3) is 2.34. The molecule has 0 saturated heterocycles. The average Bonchev–Trinajstić information content (AvgIpc) is 2.92. The molecular weight excluding hydrogens is 248 g/mol. The highest BCUT2D eigenvalue weighted by Crippen LogP contribution is 2.19. The van der Waals surface area contributed by atoms with Gasteiger partial charge in [0, 0.05) is 22.7 Å². The number of rotatable bonds is 3. The maximum Gasteiger partial charge on any atom is 0.109 e. The van der Waals surface area contributed by atoms with Crippen LogP contribution < -0.4 is 0 Å². The Morgan fingerprint density at radius 2 is 1.75 bits per heavy atom. The predicted octanol–water partition coefficient (Wildman–Crippen LogP) is 4.06. The molecule has 2 N–H and O–H groups in total. The Balaban J connectivity index is 1.94. The molecule has 3 aromatic rings. The summed E-state index contributed by atoms with van der Waals surface area (Å²) in [5, 5.41) is 13.7. The van der Waals surface area contributed by atoms with Gasteiger partial charge in [-0.05, 0) is 17.7 Å². The van der Waals surface area contributed by atoms with Crippen molar-refractivity contribution in [2.75, 3.05) is 0 Å². The van der Waals surface area contributed by atoms with E-state index in [9.17, 15) is 0 Å². The largest absolute Gasteiger partial charge is 0.410 e. The summed E-state index contributed by atoms with van der Waals surface area (Å²) in [6.45, 7) is 0. The maximum absolute atomic E-state index is 9.15. The fourth-order valence-corrected chi connectivity index (χ4v) is 2.20. The van der Waals surface area contributed by atoms with E-state index in [1.54, 1.807) is 0 Å². The fraction of sp³-hybridized carbons (Fsp3) is 0. The minimum atomic E-state index is 0.538. The van der Waals surface area contributed by atoms with Gasteiger partial charge in [0.1, 0.15) is 5.71 Å². The van der Waals surface area contributed by atoms with E-state index in [-0.39, 0.29) is 0 Å². The zero-order valence-corrected chi connectivity index (χ0v) is 10.8. The van der Waals surface area contributed by atoms with E-state index in [1.165, 1.54) is 0 Å². The Kier molecular flexibility index (Phi) is 3.33. The second kappa shape index (κ2) is 5.45. The standard InChI is InChI=1S/C17H14N2O/c20-19-16(13-6-2-1-3-7-13)11-10-14-12-18-17-9-5-4-8-15(14)17/h1-12,18,20H/b11-10+,19-16+. The van der Waals surface area contributed by atoms with Crippen LogP contribution in [-0.4, -0.2) is 15.9 Å². The highest BCUT2D eigenvalue weighted by molar-refractivity contribution is 6.11. The van der Waals surface area contributed by atoms with Crippen molar-refractivity contribution in [3.8, 4) is 0 Å². The molecule has 3 heteroatoms. The van der Waals surface area contributed by atoms with Gasteiger partial charge in [-0.3, -0.25) is 0 Å². The van der Waals surface area contributed by atoms with Gasteiger partial charge in [0.15, 0.2) is 0 Å². The molecule has 3 nitrogen and oxygen atoms in total. The van der Waals surface area contributed by atoms with Crippen LogP contribution in [0.1, 0.15) is 11.1 Å². The van der Waals surface area contributed by atoms with Crippen LogP contribution in [0.25, 0.3) is 17.0 Å². The highest BCUT2D eigenvalue weighted by Gasteiger charge is 2.02. The van der Waals surface area contributed by atoms with E-state index < -0.39 is 0 Å². The SMILES string of the molecule is O/N=C(\C=C\c1c[nH]c2ccccc12)c1ccccc1. The van der Waals surface area contributed by atoms with Crippen molar-refractivity contribution in [2.24, 2.45) is 5.16 Å². The summed E-state index contributed by atoms with van der Waals surface area (Å²) in [7, 11) is 0. The average molecular weight is 262 g/mol. The Morgan fingerprint density at radius 3 is 2.55 bits per heavy atom. The molecule has 20 heavy (non-hydrogen) atoms. The van der Waals surface area contributed by atoms with Gasteiger partial charge in [-0.2, -0.15) is 0 Å². The predicted molar refractivity (Wildman–Crippen MR) is 82.1 cm³/mol. The lowest BCUT2D eigenvalue weighted by Crippen LogP contribution is -1.95. The molecule has 0 unspecified atom stereocenters. The smallest absolute Gasteiger partial charge is 0.109 e. The van der Waals surface area contributed by atoms with Crippen LogP contribution in [0, 0.1) is 0 Å². The second-order valence-corrected chi connectivity index (χ2v) is 4.47. The molecule has 0 spiro atoms. The molecule has 0 bridgehead atoms. The summed E-state index contributed by atoms with van der Waals surface area (Å²) in [6.07, 6.45) is 5.70. The van der Waals surface area contributed by atoms with Gasteiger partial charge in [-0.25, -0.2) is 0 Å². The minimum absolute atomic E-state index is 0.538. The van der Waals surface area contributed by atoms with Gasteiger partial charge < -0.3 is 10.2 Å². The summed E-state index contributed by atoms with van der Waals surface area (Å²) >= 11 is 0. The van der Waals surface area contributed by atoms with E-state index in [2.05, 4.69) is 16.2 Å². The highest BCUT2D eigenvalue weighted by atomic mass is 16.4. The lowest BCUT2D eigenvalue weighted by atomic mass is 10.1. The van der Waals surface area contributed by atoms with E-state index >= 15 is 0 Å². The van der Waals surface area contributed by atoms with Crippen LogP contribution in [0.15, 0.2) is 72.0 Å². The number of aromatic nitrogens is 1. The first-order valence-corrected chi connectivity index (χ1v) is 6.40. The summed E-state index contributed by atoms with van der Waals surface area (Å²) in [4.78, 5) is 3.22. The van der Waals surface area contributed by atoms with Gasteiger partial charge in [-0.1, -0.05) is 59.8 Å². The van der Waals surface area contributed by atoms with Crippen LogP contribution in [0.3, 0.4) is 0 Å². The monoisotopic (exact) mass is 262 g/mol. The summed E-state index contributed by atoms with van der Waals surface area (Å²) in [6, 6.07) is 17.7. The molecule has 2 aromatic carbocycles. The number of aromatic amines is 1. The number of nitrogens with one attached hydrogen (secondary N) is 1. The molecule has 1 aromatic heterocycles. The zero-order valence-electron chi connectivity index (χ0n) is 10.8. The van der Waals surface area contributed by atoms with E-state index in [1.807, 2.05) is 66.9 Å². The van der Waals surface area contributed by atoms with Crippen LogP contribution in [0.4, 0.5) is 0 Å². The molecule has 0 aliphatic carbocycles. The van der Waals surface area contributed by atoms with Crippen molar-refractivity contribution in [3.63, 3.8) is 0 Å². The number of oxime groups is 1. The first-order chi connectivity index (χ1) is 9.88. The topological polar surface area (TPSA) is 48.4 Å². The normalized spacial score (nSPS) is 12.3. The van der Waals surface area contributed by atoms with Gasteiger partial charge in [0.2, 0.25) is 0 Å². The molecule has 0 aliphatic heterocycles. The fourth-order valence-electron chi connectivity index (χ4n) is 2.20. The minimum Gasteiger partial charge on any atom is -0.410 e. The number of para-hydroxylation sites is 1. The first-order valence-electron chi connectivity index (χ1n) is 6.40. The summed E-state index contributed by atoms with van der Waals surface area (Å²) in [5.74, 6) is 0. The lowest BCUT2D eigenvalue weighted by molar-refractivity contribution is 0.320. The number of hydrogen-bond donors (Lipinski definition) is 2. The van der Waals surface area contributed by atoms with Gasteiger partial charge in [0.25, 0.3) is 0 Å². The molecule has 0 saturated carbocycles. The Labute approximate surface area is 116 Å². The molecule has 0 atom stereocenters. The van der Waals surface area contributed by atoms with Gasteiger partial charge in [0.05, 0.1) is 0 Å². The van der Waals surface area contributed by atoms with E-state index in [0.717, 1.165) is 22.0 Å². The molecular formula is C17H14N2O. The molecule has 0 amide bonds. The van der Waals surface area contributed by atoms with Crippen molar-refractivity contribution in [3.05, 3.63) is 78.0 Å². The van der Waals surface area contributed by atoms with Crippen molar-refractivity contribution in [1.82, 2.24) is 4.98 Å². The number of benzene rings is 2. The lowest BCUT2D eigenvalue weighted by Gasteiger charge is -1.98. The Bertz CT molecular complexity index is 770. The van der Waals surface area contributed by atoms with Crippen molar-refractivity contribution >= 4 is 22.7 Å². The first kappa shape index (κ1) is 12.2. The van der Waals surface area contributed by atoms with Gasteiger partial charge >= 0.3 is 0 Å². The molecule has 98 valence electrons. The number of nitrogens with zero attached hydrogens (tertiary/aromatic N) is 1. The quantitative estimate of drug-likeness (QED) is 0.417. The molecule has 0 aliphatic rings. The van der Waals surface area contributed by atoms with Crippen LogP contribution in [0.5, 0.6) is 0 Å². The molecule has 3 rings (SSSR count). The van der Waals surface area contributed by atoms with Gasteiger partial charge in [-0.15, -0.1) is 0 Å². The third-order valence-corrected chi connectivity index (χ3v) is 3.22. The van der Waals surface area contributed by atoms with E-state index in [0.29, 0.717) is 5.71 Å². The molecule has 0 radical (unpaired) electrons.